The second kappa shape index (κ2) is 8.96. The number of ether oxygens (including phenoxy) is 2. The Hall–Kier alpha value is -4.03. The van der Waals surface area contributed by atoms with Crippen LogP contribution in [-0.2, 0) is 21.7 Å². The predicted molar refractivity (Wildman–Crippen MR) is 108 cm³/mol. The third-order valence-corrected chi connectivity index (χ3v) is 5.58. The summed E-state index contributed by atoms with van der Waals surface area (Å²) in [4.78, 5) is 30.9. The molecule has 8 nitrogen and oxygen atoms in total. The van der Waals surface area contributed by atoms with E-state index < -0.39 is 53.8 Å². The minimum Gasteiger partial charge on any atom is -0.449 e. The van der Waals surface area contributed by atoms with Gasteiger partial charge in [-0.1, -0.05) is 0 Å². The number of hydrogen-bond donors (Lipinski definition) is 0. The smallest absolute Gasteiger partial charge is 0.449 e. The third kappa shape index (κ3) is 4.93. The van der Waals surface area contributed by atoms with Crippen molar-refractivity contribution in [2.45, 2.75) is 31.5 Å². The molecule has 0 bridgehead atoms. The molecule has 0 saturated carbocycles. The van der Waals surface area contributed by atoms with Gasteiger partial charge in [-0.2, -0.15) is 5.10 Å². The van der Waals surface area contributed by atoms with Gasteiger partial charge in [-0.3, -0.25) is 9.59 Å². The van der Waals surface area contributed by atoms with Crippen LogP contribution < -0.4 is 4.74 Å². The second-order valence-electron chi connectivity index (χ2n) is 7.76. The van der Waals surface area contributed by atoms with Crippen LogP contribution in [0.15, 0.2) is 55.1 Å². The van der Waals surface area contributed by atoms with Gasteiger partial charge in [0.2, 0.25) is 0 Å². The Morgan fingerprint density at radius 1 is 1.20 bits per heavy atom. The molecule has 0 radical (unpaired) electrons. The first-order chi connectivity index (χ1) is 16.5. The van der Waals surface area contributed by atoms with E-state index in [1.54, 1.807) is 0 Å². The van der Waals surface area contributed by atoms with Crippen LogP contribution in [0.3, 0.4) is 0 Å². The highest BCUT2D eigenvalue weighted by Crippen LogP contribution is 2.39. The van der Waals surface area contributed by atoms with Crippen molar-refractivity contribution in [1.82, 2.24) is 19.7 Å². The first-order valence-corrected chi connectivity index (χ1v) is 10.1. The van der Waals surface area contributed by atoms with E-state index in [0.717, 1.165) is 41.3 Å². The Labute approximate surface area is 194 Å². The summed E-state index contributed by atoms with van der Waals surface area (Å²) in [7, 11) is 0. The number of nitrogens with zero attached hydrogens (tertiary/aromatic N) is 4. The van der Waals surface area contributed by atoms with E-state index in [1.165, 1.54) is 24.3 Å². The first-order valence-electron chi connectivity index (χ1n) is 10.1. The largest absolute Gasteiger partial charge is 0.573 e. The number of halogens is 5. The maximum atomic E-state index is 15.0. The molecular formula is C22H17F5N4O4. The highest BCUT2D eigenvalue weighted by molar-refractivity contribution is 5.97. The van der Waals surface area contributed by atoms with Gasteiger partial charge >= 0.3 is 12.3 Å². The standard InChI is InChI=1S/C22H17F5N4O4/c1-13-21(10-30-12-28-11-29-30,17-7-4-15(23)8-18(17)24)35-19(32)9-31(13)20(33)14-2-5-16(6-3-14)34-22(25,26)27/h2-8,11-13H,9-10H2,1H3/t13-,21-/m1/s1. The molecule has 0 unspecified atom stereocenters. The zero-order chi connectivity index (χ0) is 25.4. The summed E-state index contributed by atoms with van der Waals surface area (Å²) in [6.07, 6.45) is -2.40. The summed E-state index contributed by atoms with van der Waals surface area (Å²) < 4.78 is 76.6. The fourth-order valence-corrected chi connectivity index (χ4v) is 3.98. The van der Waals surface area contributed by atoms with Crippen molar-refractivity contribution in [2.75, 3.05) is 6.54 Å². The highest BCUT2D eigenvalue weighted by atomic mass is 19.4. The summed E-state index contributed by atoms with van der Waals surface area (Å²) >= 11 is 0. The zero-order valence-electron chi connectivity index (χ0n) is 18.0. The molecule has 1 amide bonds. The maximum Gasteiger partial charge on any atom is 0.573 e. The second-order valence-corrected chi connectivity index (χ2v) is 7.76. The number of cyclic esters (lactones) is 1. The Kier molecular flexibility index (Phi) is 6.17. The van der Waals surface area contributed by atoms with Crippen LogP contribution in [-0.4, -0.2) is 50.5 Å². The average molecular weight is 496 g/mol. The molecule has 2 atom stereocenters. The van der Waals surface area contributed by atoms with Crippen molar-refractivity contribution in [1.29, 1.82) is 0 Å². The number of esters is 1. The number of hydrogen-bond acceptors (Lipinski definition) is 6. The van der Waals surface area contributed by atoms with Crippen molar-refractivity contribution < 1.29 is 41.0 Å². The van der Waals surface area contributed by atoms with Gasteiger partial charge in [0, 0.05) is 17.2 Å². The molecule has 1 aliphatic rings. The molecule has 4 rings (SSSR count). The van der Waals surface area contributed by atoms with Crippen molar-refractivity contribution in [3.05, 3.63) is 77.9 Å². The van der Waals surface area contributed by atoms with Gasteiger partial charge in [-0.05, 0) is 43.3 Å². The lowest BCUT2D eigenvalue weighted by Gasteiger charge is -2.47. The van der Waals surface area contributed by atoms with Crippen molar-refractivity contribution in [2.24, 2.45) is 0 Å². The number of aromatic nitrogens is 3. The van der Waals surface area contributed by atoms with Gasteiger partial charge in [0.15, 0.2) is 5.60 Å². The quantitative estimate of drug-likeness (QED) is 0.398. The minimum absolute atomic E-state index is 0.0460. The van der Waals surface area contributed by atoms with Crippen LogP contribution in [0.25, 0.3) is 0 Å². The molecule has 35 heavy (non-hydrogen) atoms. The third-order valence-electron chi connectivity index (χ3n) is 5.58. The molecule has 0 aliphatic carbocycles. The fourth-order valence-electron chi connectivity index (χ4n) is 3.98. The molecule has 184 valence electrons. The topological polar surface area (TPSA) is 86.5 Å². The van der Waals surface area contributed by atoms with E-state index in [9.17, 15) is 31.5 Å². The number of alkyl halides is 3. The molecule has 3 aromatic rings. The van der Waals surface area contributed by atoms with E-state index in [1.807, 2.05) is 0 Å². The van der Waals surface area contributed by atoms with Crippen LogP contribution >= 0.6 is 0 Å². The van der Waals surface area contributed by atoms with Gasteiger partial charge in [-0.15, -0.1) is 13.2 Å². The van der Waals surface area contributed by atoms with Crippen molar-refractivity contribution in [3.63, 3.8) is 0 Å². The Balaban J connectivity index is 1.72. The van der Waals surface area contributed by atoms with Crippen LogP contribution in [0.4, 0.5) is 22.0 Å². The Morgan fingerprint density at radius 2 is 1.91 bits per heavy atom. The monoisotopic (exact) mass is 496 g/mol. The van der Waals surface area contributed by atoms with Crippen LogP contribution in [0.1, 0.15) is 22.8 Å². The molecule has 2 heterocycles. The normalized spacial score (nSPS) is 20.5. The summed E-state index contributed by atoms with van der Waals surface area (Å²) in [5, 5.41) is 3.96. The minimum atomic E-state index is -4.91. The van der Waals surface area contributed by atoms with E-state index in [-0.39, 0.29) is 17.7 Å². The predicted octanol–water partition coefficient (Wildman–Crippen LogP) is 3.44. The van der Waals surface area contributed by atoms with E-state index in [0.29, 0.717) is 6.07 Å². The van der Waals surface area contributed by atoms with Crippen molar-refractivity contribution >= 4 is 11.9 Å². The number of benzene rings is 2. The number of amides is 1. The fraction of sp³-hybridized carbons (Fsp3) is 0.273. The summed E-state index contributed by atoms with van der Waals surface area (Å²) in [5.74, 6) is -4.00. The molecule has 13 heteroatoms. The lowest BCUT2D eigenvalue weighted by molar-refractivity contribution is -0.274. The number of carbonyl (C=O) groups excluding carboxylic acids is 2. The summed E-state index contributed by atoms with van der Waals surface area (Å²) in [6.45, 7) is 0.735. The molecule has 1 aliphatic heterocycles. The number of morpholine rings is 1. The SMILES string of the molecule is C[C@H]1N(C(=O)c2ccc(OC(F)(F)F)cc2)CC(=O)O[C@@]1(Cn1cncn1)c1ccc(F)cc1F. The summed E-state index contributed by atoms with van der Waals surface area (Å²) in [5.41, 5.74) is -2.06. The lowest BCUT2D eigenvalue weighted by Crippen LogP contribution is -2.61. The average Bonchev–Trinajstić information content (AvgIpc) is 3.28. The maximum absolute atomic E-state index is 15.0. The summed E-state index contributed by atoms with van der Waals surface area (Å²) in [6, 6.07) is 5.83. The highest BCUT2D eigenvalue weighted by Gasteiger charge is 2.52. The molecule has 1 saturated heterocycles. The lowest BCUT2D eigenvalue weighted by atomic mass is 9.83. The molecule has 2 aromatic carbocycles. The van der Waals surface area contributed by atoms with E-state index >= 15 is 0 Å². The molecular weight excluding hydrogens is 479 g/mol. The van der Waals surface area contributed by atoms with E-state index in [2.05, 4.69) is 14.8 Å². The van der Waals surface area contributed by atoms with Crippen LogP contribution in [0.2, 0.25) is 0 Å². The zero-order valence-corrected chi connectivity index (χ0v) is 18.0. The molecule has 1 aromatic heterocycles. The van der Waals surface area contributed by atoms with Crippen LogP contribution in [0, 0.1) is 11.6 Å². The number of rotatable bonds is 5. The van der Waals surface area contributed by atoms with Gasteiger partial charge in [0.25, 0.3) is 5.91 Å². The van der Waals surface area contributed by atoms with Crippen molar-refractivity contribution in [3.8, 4) is 5.75 Å². The van der Waals surface area contributed by atoms with Crippen LogP contribution in [0.5, 0.6) is 5.75 Å². The molecule has 0 spiro atoms. The number of carbonyl (C=O) groups is 2. The van der Waals surface area contributed by atoms with E-state index in [4.69, 9.17) is 4.74 Å². The molecule has 0 N–H and O–H groups in total. The van der Waals surface area contributed by atoms with Gasteiger partial charge in [0.1, 0.15) is 36.6 Å². The van der Waals surface area contributed by atoms with Gasteiger partial charge in [0.05, 0.1) is 12.6 Å². The van der Waals surface area contributed by atoms with Gasteiger partial charge < -0.3 is 14.4 Å². The Bertz CT molecular complexity index is 1230. The first kappa shape index (κ1) is 24.1. The molecule has 1 fully saturated rings. The Morgan fingerprint density at radius 3 is 2.51 bits per heavy atom. The van der Waals surface area contributed by atoms with Gasteiger partial charge in [-0.25, -0.2) is 18.4 Å².